The molecule has 2 N–H and O–H groups in total. The number of rotatable bonds is 11. The van der Waals surface area contributed by atoms with E-state index in [1.807, 2.05) is 6.92 Å². The molecule has 2 heterocycles. The zero-order valence-electron chi connectivity index (χ0n) is 22.5. The molecule has 12 heteroatoms. The minimum atomic E-state index is -1.26. The van der Waals surface area contributed by atoms with Crippen LogP contribution in [-0.4, -0.2) is 51.6 Å². The molecule has 0 saturated heterocycles. The number of imidazole rings is 1. The summed E-state index contributed by atoms with van der Waals surface area (Å²) in [4.78, 5) is 17.3. The first-order valence-corrected chi connectivity index (χ1v) is 16.4. The predicted octanol–water partition coefficient (Wildman–Crippen LogP) is 4.94. The minimum absolute atomic E-state index is 0.0173. The van der Waals surface area contributed by atoms with Crippen molar-refractivity contribution in [3.63, 3.8) is 0 Å². The van der Waals surface area contributed by atoms with Gasteiger partial charge in [0, 0.05) is 39.2 Å². The van der Waals surface area contributed by atoms with Crippen molar-refractivity contribution in [3.8, 4) is 17.3 Å². The van der Waals surface area contributed by atoms with Gasteiger partial charge in [-0.25, -0.2) is 9.37 Å². The first-order chi connectivity index (χ1) is 17.7. The van der Waals surface area contributed by atoms with Gasteiger partial charge in [0.2, 0.25) is 0 Å². The molecule has 0 saturated carbocycles. The highest BCUT2D eigenvalue weighted by Gasteiger charge is 2.26. The fourth-order valence-electron chi connectivity index (χ4n) is 3.64. The smallest absolute Gasteiger partial charge is 0.271 e. The Morgan fingerprint density at radius 3 is 2.68 bits per heavy atom. The van der Waals surface area contributed by atoms with E-state index in [2.05, 4.69) is 35.0 Å². The molecule has 204 valence electrons. The van der Waals surface area contributed by atoms with Gasteiger partial charge in [0.1, 0.15) is 41.3 Å². The van der Waals surface area contributed by atoms with Crippen LogP contribution in [0.15, 0.2) is 30.6 Å². The zero-order valence-corrected chi connectivity index (χ0v) is 24.3. The number of benzene rings is 1. The summed E-state index contributed by atoms with van der Waals surface area (Å²) >= 11 is 6.02. The molecule has 0 bridgehead atoms. The van der Waals surface area contributed by atoms with Gasteiger partial charge in [-0.2, -0.15) is 10.4 Å². The van der Waals surface area contributed by atoms with Gasteiger partial charge in [-0.3, -0.25) is 9.48 Å². The molecule has 0 unspecified atom stereocenters. The number of nitriles is 1. The second-order valence-corrected chi connectivity index (χ2v) is 17.0. The first-order valence-electron chi connectivity index (χ1n) is 12.3. The van der Waals surface area contributed by atoms with Crippen molar-refractivity contribution in [2.24, 2.45) is 0 Å². The summed E-state index contributed by atoms with van der Waals surface area (Å²) in [5, 5.41) is 26.9. The van der Waals surface area contributed by atoms with Gasteiger partial charge in [-0.1, -0.05) is 31.2 Å². The number of carbonyl (C=O) groups excluding carboxylic acids is 1. The van der Waals surface area contributed by atoms with Crippen molar-refractivity contribution in [3.05, 3.63) is 58.5 Å². The Morgan fingerprint density at radius 2 is 2.08 bits per heavy atom. The van der Waals surface area contributed by atoms with Crippen molar-refractivity contribution in [1.29, 1.82) is 5.26 Å². The maximum atomic E-state index is 14.2. The number of ether oxygens (including phenoxy) is 1. The molecule has 2 aromatic heterocycles. The van der Waals surface area contributed by atoms with E-state index in [4.69, 9.17) is 21.6 Å². The molecular weight excluding hydrogens is 527 g/mol. The number of hydrogen-bond acceptors (Lipinski definition) is 6. The Bertz CT molecular complexity index is 1310. The van der Waals surface area contributed by atoms with Crippen LogP contribution in [-0.2, 0) is 17.1 Å². The van der Waals surface area contributed by atoms with Gasteiger partial charge >= 0.3 is 0 Å². The molecule has 0 aliphatic rings. The Labute approximate surface area is 228 Å². The molecule has 1 aromatic carbocycles. The Balaban J connectivity index is 1.65. The number of nitrogens with one attached hydrogen (secondary N) is 1. The number of halogens is 2. The molecule has 38 heavy (non-hydrogen) atoms. The van der Waals surface area contributed by atoms with Crippen LogP contribution < -0.4 is 5.32 Å². The van der Waals surface area contributed by atoms with Gasteiger partial charge in [0.05, 0.1) is 16.8 Å². The van der Waals surface area contributed by atoms with E-state index < -0.39 is 25.4 Å². The Morgan fingerprint density at radius 1 is 1.37 bits per heavy atom. The van der Waals surface area contributed by atoms with Crippen LogP contribution in [0.4, 0.5) is 4.39 Å². The fraction of sp³-hybridized carbons (Fsp3) is 0.462. The number of aliphatic hydroxyl groups is 1. The number of nitrogens with zero attached hydrogens (tertiary/aromatic N) is 5. The average molecular weight is 561 g/mol. The molecule has 3 rings (SSSR count). The Hall–Kier alpha value is -3.04. The van der Waals surface area contributed by atoms with Gasteiger partial charge < -0.3 is 19.7 Å². The van der Waals surface area contributed by atoms with Crippen LogP contribution in [0.1, 0.15) is 48.7 Å². The van der Waals surface area contributed by atoms with Gasteiger partial charge in [-0.15, -0.1) is 0 Å². The van der Waals surface area contributed by atoms with E-state index in [1.165, 1.54) is 12.1 Å². The fourth-order valence-corrected chi connectivity index (χ4v) is 4.65. The number of carbonyl (C=O) groups is 1. The van der Waals surface area contributed by atoms with Gasteiger partial charge in [-0.05, 0) is 45.0 Å². The second kappa shape index (κ2) is 11.8. The molecule has 1 amide bonds. The summed E-state index contributed by atoms with van der Waals surface area (Å²) in [5.74, 6) is -0.763. The van der Waals surface area contributed by atoms with E-state index >= 15 is 0 Å². The second-order valence-electron chi connectivity index (χ2n) is 11.0. The standard InChI is InChI=1S/C26H34ClFN6O3Si/c1-17(34-8-7-22(32-34)18-11-20(27)19(13-29)21(28)12-18)14-30-24(35)23-15-33(25(31-23)26(2,3)36)16-37-9-10-38(4,5)6/h7-8,11-12,15,17,36H,9-10,14,16H2,1-6H3,(H,30,35)/t17-/m1/s1. The lowest BCUT2D eigenvalue weighted by Gasteiger charge is -2.19. The summed E-state index contributed by atoms with van der Waals surface area (Å²) < 4.78 is 23.3. The van der Waals surface area contributed by atoms with Crippen LogP contribution in [0.25, 0.3) is 11.3 Å². The maximum absolute atomic E-state index is 14.2. The largest absolute Gasteiger partial charge is 0.383 e. The van der Waals surface area contributed by atoms with Crippen molar-refractivity contribution < 1.29 is 19.0 Å². The molecule has 0 fully saturated rings. The lowest BCUT2D eigenvalue weighted by molar-refractivity contribution is 0.0412. The highest BCUT2D eigenvalue weighted by molar-refractivity contribution is 6.76. The molecular formula is C26H34ClFN6O3Si. The molecule has 0 spiro atoms. The lowest BCUT2D eigenvalue weighted by Crippen LogP contribution is -2.30. The summed E-state index contributed by atoms with van der Waals surface area (Å²) in [6.07, 6.45) is 3.30. The molecule has 3 aromatic rings. The van der Waals surface area contributed by atoms with E-state index in [9.17, 15) is 14.3 Å². The minimum Gasteiger partial charge on any atom is -0.383 e. The third-order valence-corrected chi connectivity index (χ3v) is 7.85. The summed E-state index contributed by atoms with van der Waals surface area (Å²) in [6, 6.07) is 6.93. The highest BCUT2D eigenvalue weighted by Crippen LogP contribution is 2.27. The van der Waals surface area contributed by atoms with E-state index in [-0.39, 0.29) is 35.6 Å². The van der Waals surface area contributed by atoms with Gasteiger partial charge in [0.25, 0.3) is 5.91 Å². The number of hydrogen-bond donors (Lipinski definition) is 2. The van der Waals surface area contributed by atoms with E-state index in [0.717, 1.165) is 6.04 Å². The van der Waals surface area contributed by atoms with Crippen molar-refractivity contribution in [2.45, 2.75) is 64.8 Å². The third-order valence-electron chi connectivity index (χ3n) is 5.85. The van der Waals surface area contributed by atoms with Crippen LogP contribution in [0.2, 0.25) is 30.7 Å². The molecule has 0 aliphatic heterocycles. The molecule has 0 radical (unpaired) electrons. The van der Waals surface area contributed by atoms with E-state index in [0.29, 0.717) is 23.7 Å². The van der Waals surface area contributed by atoms with Crippen molar-refractivity contribution in [2.75, 3.05) is 13.2 Å². The predicted molar refractivity (Wildman–Crippen MR) is 146 cm³/mol. The SMILES string of the molecule is C[C@H](CNC(=O)c1cn(COCC[Si](C)(C)C)c(C(C)(C)O)n1)n1ccc(-c2cc(F)c(C#N)c(Cl)c2)n1. The normalized spacial score (nSPS) is 12.8. The molecule has 0 aliphatic carbocycles. The topological polar surface area (TPSA) is 118 Å². The zero-order chi connectivity index (χ0) is 28.3. The lowest BCUT2D eigenvalue weighted by atomic mass is 10.1. The van der Waals surface area contributed by atoms with E-state index in [1.54, 1.807) is 47.6 Å². The van der Waals surface area contributed by atoms with Crippen LogP contribution in [0, 0.1) is 17.1 Å². The first kappa shape index (κ1) is 29.5. The molecule has 1 atom stereocenters. The monoisotopic (exact) mass is 560 g/mol. The van der Waals surface area contributed by atoms with Crippen molar-refractivity contribution >= 4 is 25.6 Å². The summed E-state index contributed by atoms with van der Waals surface area (Å²) in [5.41, 5.74) is -0.367. The maximum Gasteiger partial charge on any atom is 0.271 e. The van der Waals surface area contributed by atoms with Crippen LogP contribution in [0.5, 0.6) is 0 Å². The summed E-state index contributed by atoms with van der Waals surface area (Å²) in [6.45, 7) is 12.9. The number of amides is 1. The van der Waals surface area contributed by atoms with Crippen LogP contribution in [0.3, 0.4) is 0 Å². The number of aromatic nitrogens is 4. The molecule has 9 nitrogen and oxygen atoms in total. The average Bonchev–Trinajstić information content (AvgIpc) is 3.47. The third kappa shape index (κ3) is 7.51. The summed E-state index contributed by atoms with van der Waals surface area (Å²) in [7, 11) is -1.24. The highest BCUT2D eigenvalue weighted by atomic mass is 35.5. The van der Waals surface area contributed by atoms with Crippen LogP contribution >= 0.6 is 11.6 Å². The van der Waals surface area contributed by atoms with Crippen molar-refractivity contribution in [1.82, 2.24) is 24.6 Å². The quantitative estimate of drug-likeness (QED) is 0.253. The Kier molecular flexibility index (Phi) is 9.15. The van der Waals surface area contributed by atoms with Gasteiger partial charge in [0.15, 0.2) is 0 Å².